The molecule has 9 heavy (non-hydrogen) atoms. The quantitative estimate of drug-likeness (QED) is 0.165. The molecule has 0 aromatic carbocycles. The van der Waals surface area contributed by atoms with Crippen molar-refractivity contribution in [1.82, 2.24) is 0 Å². The fraction of sp³-hybridized carbons (Fsp3) is 0.500. The molecule has 0 rings (SSSR count). The smallest absolute Gasteiger partial charge is 0.128 e. The summed E-state index contributed by atoms with van der Waals surface area (Å²) in [6, 6.07) is 0. The summed E-state index contributed by atoms with van der Waals surface area (Å²) in [7, 11) is 0. The molecule has 3 nitrogen and oxygen atoms in total. The number of hydrogen-bond acceptors (Lipinski definition) is 3. The molecule has 0 aliphatic rings. The molecule has 0 amide bonds. The van der Waals surface area contributed by atoms with E-state index in [1.165, 1.54) is 0 Å². The first kappa shape index (κ1) is 11.5. The van der Waals surface area contributed by atoms with Crippen LogP contribution in [0, 0.1) is 0 Å². The summed E-state index contributed by atoms with van der Waals surface area (Å²) in [4.78, 5) is 0. The van der Waals surface area contributed by atoms with Crippen LogP contribution < -0.4 is 5.73 Å². The highest BCUT2D eigenvalue weighted by atomic mass is 32.1. The van der Waals surface area contributed by atoms with Crippen molar-refractivity contribution in [2.75, 3.05) is 0 Å². The maximum Gasteiger partial charge on any atom is 0.128 e. The van der Waals surface area contributed by atoms with Gasteiger partial charge in [0.2, 0.25) is 0 Å². The molecule has 0 aliphatic heterocycles. The molecule has 0 aliphatic carbocycles. The molecule has 0 unspecified atom stereocenters. The number of nitrogens with two attached hydrogens (primary N) is 1. The summed E-state index contributed by atoms with van der Waals surface area (Å²) in [5, 5.41) is 10.5. The van der Waals surface area contributed by atoms with E-state index in [1.54, 1.807) is 13.8 Å². The third-order valence-electron chi connectivity index (χ3n) is 0.200. The Bertz CT molecular complexity index is 105. The lowest BCUT2D eigenvalue weighted by molar-refractivity contribution is 0.318. The summed E-state index contributed by atoms with van der Waals surface area (Å²) >= 11 is 7.65. The van der Waals surface area contributed by atoms with Crippen molar-refractivity contribution < 1.29 is 5.21 Å². The van der Waals surface area contributed by atoms with Gasteiger partial charge in [-0.3, -0.25) is 0 Å². The minimum Gasteiger partial charge on any atom is -0.411 e. The zero-order chi connectivity index (χ0) is 7.86. The maximum atomic E-state index is 7.73. The monoisotopic (exact) mass is 166 g/mol. The number of rotatable bonds is 0. The Hall–Kier alpha value is -0.290. The lowest BCUT2D eigenvalue weighted by atomic mass is 10.5. The molecule has 0 heterocycles. The Morgan fingerprint density at radius 2 is 1.78 bits per heavy atom. The first-order valence-electron chi connectivity index (χ1n) is 2.14. The lowest BCUT2D eigenvalue weighted by Gasteiger charge is -1.72. The van der Waals surface area contributed by atoms with Crippen LogP contribution in [0.1, 0.15) is 13.8 Å². The number of thiocarbonyl (C=S) groups is 1. The third-order valence-corrected chi connectivity index (χ3v) is 0.200. The molecule has 0 bridgehead atoms. The first-order chi connectivity index (χ1) is 4.00. The van der Waals surface area contributed by atoms with E-state index in [2.05, 4.69) is 30.0 Å². The van der Waals surface area contributed by atoms with Gasteiger partial charge in [0.05, 0.1) is 5.71 Å². The minimum atomic E-state index is 0.194. The number of hydrogen-bond donors (Lipinski definition) is 3. The SMILES string of the molecule is CC(C)=NO.NC(=S)S. The predicted molar refractivity (Wildman–Crippen MR) is 46.3 cm³/mol. The van der Waals surface area contributed by atoms with Gasteiger partial charge in [-0.25, -0.2) is 0 Å². The van der Waals surface area contributed by atoms with Gasteiger partial charge in [0.1, 0.15) is 4.32 Å². The largest absolute Gasteiger partial charge is 0.411 e. The summed E-state index contributed by atoms with van der Waals surface area (Å²) in [5.74, 6) is 0. The molecule has 0 aromatic heterocycles. The number of oxime groups is 1. The summed E-state index contributed by atoms with van der Waals surface area (Å²) in [6.45, 7) is 3.44. The van der Waals surface area contributed by atoms with Crippen LogP contribution in [0.25, 0.3) is 0 Å². The van der Waals surface area contributed by atoms with Gasteiger partial charge in [-0.15, -0.1) is 12.6 Å². The molecule has 54 valence electrons. The van der Waals surface area contributed by atoms with Gasteiger partial charge >= 0.3 is 0 Å². The van der Waals surface area contributed by atoms with E-state index in [1.807, 2.05) is 0 Å². The van der Waals surface area contributed by atoms with Crippen LogP contribution in [0.5, 0.6) is 0 Å². The molecular formula is C4H10N2OS2. The molecule has 0 radical (unpaired) electrons. The number of thiol groups is 1. The molecule has 0 atom stereocenters. The predicted octanol–water partition coefficient (Wildman–Crippen LogP) is 1.02. The third kappa shape index (κ3) is 86.0. The highest BCUT2D eigenvalue weighted by molar-refractivity contribution is 8.10. The molecule has 0 fully saturated rings. The van der Waals surface area contributed by atoms with Crippen LogP contribution in [0.2, 0.25) is 0 Å². The van der Waals surface area contributed by atoms with Crippen LogP contribution in [-0.2, 0) is 0 Å². The molecule has 0 spiro atoms. The van der Waals surface area contributed by atoms with Gasteiger partial charge in [0.25, 0.3) is 0 Å². The van der Waals surface area contributed by atoms with Gasteiger partial charge in [0, 0.05) is 0 Å². The standard InChI is InChI=1S/C3H7NO.CH3NS2/c1-3(2)4-5;2-1(3)4/h5H,1-2H3;(H3,2,3,4). The van der Waals surface area contributed by atoms with E-state index in [9.17, 15) is 0 Å². The van der Waals surface area contributed by atoms with E-state index < -0.39 is 0 Å². The van der Waals surface area contributed by atoms with E-state index in [0.29, 0.717) is 5.71 Å². The molecule has 0 aromatic rings. The second kappa shape index (κ2) is 7.71. The van der Waals surface area contributed by atoms with Crippen molar-refractivity contribution in [3.63, 3.8) is 0 Å². The lowest BCUT2D eigenvalue weighted by Crippen LogP contribution is -1.94. The van der Waals surface area contributed by atoms with E-state index >= 15 is 0 Å². The van der Waals surface area contributed by atoms with Crippen molar-refractivity contribution in [2.24, 2.45) is 10.9 Å². The van der Waals surface area contributed by atoms with Gasteiger partial charge in [-0.05, 0) is 13.8 Å². The molecular weight excluding hydrogens is 156 g/mol. The van der Waals surface area contributed by atoms with Crippen molar-refractivity contribution >= 4 is 34.9 Å². The van der Waals surface area contributed by atoms with E-state index in [-0.39, 0.29) is 4.32 Å². The zero-order valence-corrected chi connectivity index (χ0v) is 7.04. The highest BCUT2D eigenvalue weighted by Crippen LogP contribution is 1.63. The first-order valence-corrected chi connectivity index (χ1v) is 3.00. The van der Waals surface area contributed by atoms with Crippen molar-refractivity contribution in [2.45, 2.75) is 13.8 Å². The Kier molecular flexibility index (Phi) is 9.85. The van der Waals surface area contributed by atoms with Crippen molar-refractivity contribution in [3.05, 3.63) is 0 Å². The van der Waals surface area contributed by atoms with E-state index in [0.717, 1.165) is 0 Å². The molecule has 5 heteroatoms. The van der Waals surface area contributed by atoms with Gasteiger partial charge in [0.15, 0.2) is 0 Å². The van der Waals surface area contributed by atoms with Crippen LogP contribution in [-0.4, -0.2) is 15.2 Å². The van der Waals surface area contributed by atoms with Crippen LogP contribution in [0.15, 0.2) is 5.16 Å². The molecule has 0 saturated carbocycles. The van der Waals surface area contributed by atoms with E-state index in [4.69, 9.17) is 10.9 Å². The van der Waals surface area contributed by atoms with Crippen LogP contribution in [0.3, 0.4) is 0 Å². The Labute approximate surface area is 65.3 Å². The topological polar surface area (TPSA) is 58.6 Å². The van der Waals surface area contributed by atoms with Crippen LogP contribution >= 0.6 is 24.8 Å². The zero-order valence-electron chi connectivity index (χ0n) is 5.33. The van der Waals surface area contributed by atoms with Crippen LogP contribution in [0.4, 0.5) is 0 Å². The average molecular weight is 166 g/mol. The Morgan fingerprint density at radius 3 is 1.78 bits per heavy atom. The Balaban J connectivity index is 0. The average Bonchev–Trinajstić information content (AvgIpc) is 1.65. The van der Waals surface area contributed by atoms with Gasteiger partial charge in [-0.1, -0.05) is 17.4 Å². The summed E-state index contributed by atoms with van der Waals surface area (Å²) in [5.41, 5.74) is 5.39. The normalized spacial score (nSPS) is 6.56. The number of nitrogens with zero attached hydrogens (tertiary/aromatic N) is 1. The molecule has 0 saturated heterocycles. The molecule has 3 N–H and O–H groups in total. The Morgan fingerprint density at radius 1 is 1.67 bits per heavy atom. The fourth-order valence-electron chi connectivity index (χ4n) is 0. The highest BCUT2D eigenvalue weighted by Gasteiger charge is 1.65. The van der Waals surface area contributed by atoms with Gasteiger partial charge < -0.3 is 10.9 Å². The second-order valence-corrected chi connectivity index (χ2v) is 2.61. The van der Waals surface area contributed by atoms with Gasteiger partial charge in [-0.2, -0.15) is 0 Å². The maximum absolute atomic E-state index is 7.73. The summed E-state index contributed by atoms with van der Waals surface area (Å²) < 4.78 is 0.194. The summed E-state index contributed by atoms with van der Waals surface area (Å²) in [6.07, 6.45) is 0. The second-order valence-electron chi connectivity index (χ2n) is 1.39. The van der Waals surface area contributed by atoms with Crippen molar-refractivity contribution in [1.29, 1.82) is 0 Å². The minimum absolute atomic E-state index is 0.194. The van der Waals surface area contributed by atoms with Crippen molar-refractivity contribution in [3.8, 4) is 0 Å². The fourth-order valence-corrected chi connectivity index (χ4v) is 0.